The number of aliphatic carboxylic acids is 1. The summed E-state index contributed by atoms with van der Waals surface area (Å²) in [6, 6.07) is 14.6. The number of nitrogens with zero attached hydrogens (tertiary/aromatic N) is 3. The molecule has 2 N–H and O–H groups in total. The highest BCUT2D eigenvalue weighted by Crippen LogP contribution is 2.22. The Hall–Kier alpha value is -2.99. The maximum atomic E-state index is 11.2. The van der Waals surface area contributed by atoms with Gasteiger partial charge in [0.2, 0.25) is 5.95 Å². The van der Waals surface area contributed by atoms with Gasteiger partial charge in [-0.05, 0) is 35.9 Å². The van der Waals surface area contributed by atoms with Gasteiger partial charge in [-0.2, -0.15) is 0 Å². The zero-order valence-corrected chi connectivity index (χ0v) is 14.6. The lowest BCUT2D eigenvalue weighted by Crippen LogP contribution is -2.17. The lowest BCUT2D eigenvalue weighted by molar-refractivity contribution is -0.137. The van der Waals surface area contributed by atoms with E-state index in [2.05, 4.69) is 20.3 Å². The van der Waals surface area contributed by atoms with Crippen molar-refractivity contribution < 1.29 is 9.90 Å². The van der Waals surface area contributed by atoms with Crippen molar-refractivity contribution in [3.63, 3.8) is 0 Å². The molecule has 0 bridgehead atoms. The quantitative estimate of drug-likeness (QED) is 0.658. The first-order chi connectivity index (χ1) is 12.6. The minimum absolute atomic E-state index is 0.00539. The summed E-state index contributed by atoms with van der Waals surface area (Å²) in [7, 11) is 0. The van der Waals surface area contributed by atoms with E-state index in [1.807, 2.05) is 30.3 Å². The molecule has 0 saturated heterocycles. The normalized spacial score (nSPS) is 11.7. The highest BCUT2D eigenvalue weighted by atomic mass is 35.5. The standard InChI is InChI=1S/C19H17ClN4O2/c20-15-6-4-13(5-7-15)14(11-18(25)26)12-23-19-22-10-8-17(24-19)16-3-1-2-9-21-16/h1-10,14H,11-12H2,(H,25,26)(H,22,23,24). The van der Waals surface area contributed by atoms with Crippen molar-refractivity contribution >= 4 is 23.5 Å². The molecule has 0 aliphatic heterocycles. The minimum Gasteiger partial charge on any atom is -0.481 e. The largest absolute Gasteiger partial charge is 0.481 e. The number of carboxylic acid groups (broad SMARTS) is 1. The molecule has 0 amide bonds. The molecule has 3 aromatic rings. The molecule has 6 nitrogen and oxygen atoms in total. The molecule has 132 valence electrons. The van der Waals surface area contributed by atoms with Crippen molar-refractivity contribution in [2.24, 2.45) is 0 Å². The maximum Gasteiger partial charge on any atom is 0.304 e. The monoisotopic (exact) mass is 368 g/mol. The molecule has 0 radical (unpaired) electrons. The number of hydrogen-bond donors (Lipinski definition) is 2. The summed E-state index contributed by atoms with van der Waals surface area (Å²) in [5.74, 6) is -0.667. The molecule has 0 saturated carbocycles. The molecule has 0 spiro atoms. The van der Waals surface area contributed by atoms with Crippen LogP contribution in [0.15, 0.2) is 60.9 Å². The summed E-state index contributed by atoms with van der Waals surface area (Å²) in [5.41, 5.74) is 2.34. The van der Waals surface area contributed by atoms with E-state index in [0.29, 0.717) is 23.2 Å². The average Bonchev–Trinajstić information content (AvgIpc) is 2.66. The summed E-state index contributed by atoms with van der Waals surface area (Å²) in [6.07, 6.45) is 3.34. The van der Waals surface area contributed by atoms with Gasteiger partial charge < -0.3 is 10.4 Å². The molecule has 1 atom stereocenters. The van der Waals surface area contributed by atoms with Crippen molar-refractivity contribution in [1.29, 1.82) is 0 Å². The van der Waals surface area contributed by atoms with Crippen LogP contribution < -0.4 is 5.32 Å². The molecular formula is C19H17ClN4O2. The fourth-order valence-corrected chi connectivity index (χ4v) is 2.69. The van der Waals surface area contributed by atoms with Crippen LogP contribution in [0.3, 0.4) is 0 Å². The van der Waals surface area contributed by atoms with Crippen LogP contribution in [0.5, 0.6) is 0 Å². The molecule has 0 fully saturated rings. The Morgan fingerprint density at radius 3 is 2.54 bits per heavy atom. The zero-order chi connectivity index (χ0) is 18.4. The van der Waals surface area contributed by atoms with Crippen molar-refractivity contribution in [3.05, 3.63) is 71.5 Å². The van der Waals surface area contributed by atoms with E-state index in [9.17, 15) is 9.90 Å². The second-order valence-electron chi connectivity index (χ2n) is 5.71. The molecule has 2 aromatic heterocycles. The molecule has 3 rings (SSSR count). The van der Waals surface area contributed by atoms with Crippen molar-refractivity contribution in [1.82, 2.24) is 15.0 Å². The van der Waals surface area contributed by atoms with Gasteiger partial charge in [0.15, 0.2) is 0 Å². The van der Waals surface area contributed by atoms with Gasteiger partial charge in [-0.25, -0.2) is 9.97 Å². The van der Waals surface area contributed by atoms with Crippen LogP contribution in [-0.2, 0) is 4.79 Å². The number of carbonyl (C=O) groups is 1. The smallest absolute Gasteiger partial charge is 0.304 e. The summed E-state index contributed by atoms with van der Waals surface area (Å²) < 4.78 is 0. The average molecular weight is 369 g/mol. The Labute approximate surface area is 155 Å². The molecule has 0 aliphatic carbocycles. The van der Waals surface area contributed by atoms with Gasteiger partial charge in [0.05, 0.1) is 17.8 Å². The maximum absolute atomic E-state index is 11.2. The zero-order valence-electron chi connectivity index (χ0n) is 13.8. The third kappa shape index (κ3) is 4.77. The van der Waals surface area contributed by atoms with Crippen LogP contribution in [0.4, 0.5) is 5.95 Å². The van der Waals surface area contributed by atoms with E-state index < -0.39 is 5.97 Å². The predicted octanol–water partition coefficient (Wildman–Crippen LogP) is 3.86. The third-order valence-electron chi connectivity index (χ3n) is 3.85. The van der Waals surface area contributed by atoms with Crippen LogP contribution in [0.2, 0.25) is 5.02 Å². The lowest BCUT2D eigenvalue weighted by Gasteiger charge is -2.16. The summed E-state index contributed by atoms with van der Waals surface area (Å²) in [6.45, 7) is 0.388. The van der Waals surface area contributed by atoms with Gasteiger partial charge in [-0.3, -0.25) is 9.78 Å². The Balaban J connectivity index is 1.74. The second-order valence-corrected chi connectivity index (χ2v) is 6.14. The van der Waals surface area contributed by atoms with Crippen LogP contribution in [0.25, 0.3) is 11.4 Å². The first-order valence-electron chi connectivity index (χ1n) is 8.07. The number of rotatable bonds is 7. The number of aromatic nitrogens is 3. The lowest BCUT2D eigenvalue weighted by atomic mass is 9.96. The summed E-state index contributed by atoms with van der Waals surface area (Å²) >= 11 is 5.91. The number of hydrogen-bond acceptors (Lipinski definition) is 5. The van der Waals surface area contributed by atoms with E-state index >= 15 is 0 Å². The number of nitrogens with one attached hydrogen (secondary N) is 1. The summed E-state index contributed by atoms with van der Waals surface area (Å²) in [5, 5.41) is 12.9. The van der Waals surface area contributed by atoms with E-state index in [0.717, 1.165) is 11.3 Å². The molecule has 1 aromatic carbocycles. The highest BCUT2D eigenvalue weighted by molar-refractivity contribution is 6.30. The third-order valence-corrected chi connectivity index (χ3v) is 4.10. The highest BCUT2D eigenvalue weighted by Gasteiger charge is 2.16. The van der Waals surface area contributed by atoms with Gasteiger partial charge in [-0.1, -0.05) is 29.8 Å². The van der Waals surface area contributed by atoms with Crippen molar-refractivity contribution in [2.75, 3.05) is 11.9 Å². The van der Waals surface area contributed by atoms with E-state index in [1.165, 1.54) is 0 Å². The molecule has 7 heteroatoms. The van der Waals surface area contributed by atoms with Gasteiger partial charge in [0.1, 0.15) is 0 Å². The Morgan fingerprint density at radius 1 is 1.04 bits per heavy atom. The van der Waals surface area contributed by atoms with Crippen molar-refractivity contribution in [2.45, 2.75) is 12.3 Å². The van der Waals surface area contributed by atoms with Crippen LogP contribution in [-0.4, -0.2) is 32.6 Å². The SMILES string of the molecule is O=C(O)CC(CNc1nccc(-c2ccccn2)n1)c1ccc(Cl)cc1. The molecule has 1 unspecified atom stereocenters. The molecule has 26 heavy (non-hydrogen) atoms. The van der Waals surface area contributed by atoms with E-state index in [-0.39, 0.29) is 12.3 Å². The number of halogens is 1. The fraction of sp³-hybridized carbons (Fsp3) is 0.158. The Kier molecular flexibility index (Phi) is 5.76. The Morgan fingerprint density at radius 2 is 1.85 bits per heavy atom. The Bertz CT molecular complexity index is 872. The fourth-order valence-electron chi connectivity index (χ4n) is 2.57. The van der Waals surface area contributed by atoms with Gasteiger partial charge in [0.25, 0.3) is 0 Å². The van der Waals surface area contributed by atoms with Crippen LogP contribution in [0.1, 0.15) is 17.9 Å². The van der Waals surface area contributed by atoms with Gasteiger partial charge >= 0.3 is 5.97 Å². The molecular weight excluding hydrogens is 352 g/mol. The molecule has 2 heterocycles. The first-order valence-corrected chi connectivity index (χ1v) is 8.45. The van der Waals surface area contributed by atoms with Gasteiger partial charge in [-0.15, -0.1) is 0 Å². The predicted molar refractivity (Wildman–Crippen MR) is 100 cm³/mol. The molecule has 0 aliphatic rings. The number of anilines is 1. The topological polar surface area (TPSA) is 88.0 Å². The minimum atomic E-state index is -0.866. The number of carboxylic acids is 1. The van der Waals surface area contributed by atoms with Gasteiger partial charge in [0, 0.05) is 29.9 Å². The number of pyridine rings is 1. The van der Waals surface area contributed by atoms with Crippen LogP contribution in [0, 0.1) is 0 Å². The van der Waals surface area contributed by atoms with Crippen molar-refractivity contribution in [3.8, 4) is 11.4 Å². The van der Waals surface area contributed by atoms with Crippen LogP contribution >= 0.6 is 11.6 Å². The first kappa shape index (κ1) is 17.8. The van der Waals surface area contributed by atoms with E-state index in [1.54, 1.807) is 30.6 Å². The number of benzene rings is 1. The van der Waals surface area contributed by atoms with E-state index in [4.69, 9.17) is 11.6 Å². The second kappa shape index (κ2) is 8.40. The summed E-state index contributed by atoms with van der Waals surface area (Å²) in [4.78, 5) is 24.1.